The lowest BCUT2D eigenvalue weighted by atomic mass is 10.2. The van der Waals surface area contributed by atoms with Crippen molar-refractivity contribution in [2.75, 3.05) is 33.3 Å². The molecule has 3 N–H and O–H groups in total. The van der Waals surface area contributed by atoms with Crippen molar-refractivity contribution >= 4 is 24.0 Å². The SMILES string of the molecule is COCC(N)C(=O)Nc1cc(OC)cc(OC)c1.Cl. The molecule has 0 saturated carbocycles. The lowest BCUT2D eigenvalue weighted by Crippen LogP contribution is -2.39. The third-order valence-corrected chi connectivity index (χ3v) is 2.30. The summed E-state index contributed by atoms with van der Waals surface area (Å²) in [5.41, 5.74) is 6.18. The van der Waals surface area contributed by atoms with Gasteiger partial charge in [0.25, 0.3) is 0 Å². The normalized spacial score (nSPS) is 11.2. The standard InChI is InChI=1S/C12H18N2O4.ClH/c1-16-7-11(13)12(15)14-8-4-9(17-2)6-10(5-8)18-3;/h4-6,11H,7,13H2,1-3H3,(H,14,15);1H. The van der Waals surface area contributed by atoms with Crippen molar-refractivity contribution in [1.29, 1.82) is 0 Å². The topological polar surface area (TPSA) is 82.8 Å². The van der Waals surface area contributed by atoms with Crippen LogP contribution in [-0.4, -0.2) is 39.9 Å². The number of carbonyl (C=O) groups excluding carboxylic acids is 1. The molecule has 1 rings (SSSR count). The number of rotatable bonds is 6. The number of anilines is 1. The largest absolute Gasteiger partial charge is 0.497 e. The molecule has 1 amide bonds. The second-order valence-electron chi connectivity index (χ2n) is 3.65. The predicted octanol–water partition coefficient (Wildman–Crippen LogP) is 1.04. The fourth-order valence-corrected chi connectivity index (χ4v) is 1.37. The smallest absolute Gasteiger partial charge is 0.243 e. The maximum atomic E-state index is 11.7. The maximum absolute atomic E-state index is 11.7. The van der Waals surface area contributed by atoms with Gasteiger partial charge in [-0.05, 0) is 0 Å². The number of benzene rings is 1. The molecule has 0 radical (unpaired) electrons. The van der Waals surface area contributed by atoms with Crippen molar-refractivity contribution < 1.29 is 19.0 Å². The summed E-state index contributed by atoms with van der Waals surface area (Å²) in [6.07, 6.45) is 0. The van der Waals surface area contributed by atoms with Gasteiger partial charge in [-0.1, -0.05) is 0 Å². The molecule has 1 aromatic rings. The Labute approximate surface area is 118 Å². The van der Waals surface area contributed by atoms with Crippen LogP contribution in [0.4, 0.5) is 5.69 Å². The highest BCUT2D eigenvalue weighted by atomic mass is 35.5. The van der Waals surface area contributed by atoms with Gasteiger partial charge >= 0.3 is 0 Å². The predicted molar refractivity (Wildman–Crippen MR) is 75.3 cm³/mol. The van der Waals surface area contributed by atoms with Gasteiger partial charge < -0.3 is 25.3 Å². The highest BCUT2D eigenvalue weighted by Gasteiger charge is 2.14. The monoisotopic (exact) mass is 290 g/mol. The Bertz CT molecular complexity index is 392. The van der Waals surface area contributed by atoms with Crippen LogP contribution in [0.15, 0.2) is 18.2 Å². The van der Waals surface area contributed by atoms with Gasteiger partial charge in [0.15, 0.2) is 0 Å². The average Bonchev–Trinajstić information content (AvgIpc) is 2.38. The molecule has 0 saturated heterocycles. The van der Waals surface area contributed by atoms with E-state index in [-0.39, 0.29) is 24.9 Å². The number of amides is 1. The molecule has 0 spiro atoms. The summed E-state index contributed by atoms with van der Waals surface area (Å²) in [5.74, 6) is 0.849. The Morgan fingerprint density at radius 2 is 1.74 bits per heavy atom. The lowest BCUT2D eigenvalue weighted by molar-refractivity contribution is -0.118. The number of hydrogen-bond acceptors (Lipinski definition) is 5. The van der Waals surface area contributed by atoms with Crippen LogP contribution in [0, 0.1) is 0 Å². The number of nitrogens with one attached hydrogen (secondary N) is 1. The number of nitrogens with two attached hydrogens (primary N) is 1. The first-order chi connectivity index (χ1) is 8.60. The fourth-order valence-electron chi connectivity index (χ4n) is 1.37. The van der Waals surface area contributed by atoms with E-state index in [0.29, 0.717) is 17.2 Å². The molecule has 7 heteroatoms. The number of halogens is 1. The van der Waals surface area contributed by atoms with E-state index in [0.717, 1.165) is 0 Å². The summed E-state index contributed by atoms with van der Waals surface area (Å²) in [5, 5.41) is 2.67. The highest BCUT2D eigenvalue weighted by molar-refractivity contribution is 5.95. The lowest BCUT2D eigenvalue weighted by Gasteiger charge is -2.13. The van der Waals surface area contributed by atoms with E-state index in [1.54, 1.807) is 18.2 Å². The van der Waals surface area contributed by atoms with Crippen LogP contribution in [0.3, 0.4) is 0 Å². The fraction of sp³-hybridized carbons (Fsp3) is 0.417. The molecular weight excluding hydrogens is 272 g/mol. The minimum absolute atomic E-state index is 0. The van der Waals surface area contributed by atoms with E-state index in [9.17, 15) is 4.79 Å². The highest BCUT2D eigenvalue weighted by Crippen LogP contribution is 2.25. The van der Waals surface area contributed by atoms with Crippen LogP contribution in [0.25, 0.3) is 0 Å². The number of hydrogen-bond donors (Lipinski definition) is 2. The van der Waals surface area contributed by atoms with Crippen LogP contribution in [-0.2, 0) is 9.53 Å². The second-order valence-corrected chi connectivity index (χ2v) is 3.65. The Balaban J connectivity index is 0.00000324. The summed E-state index contributed by atoms with van der Waals surface area (Å²) >= 11 is 0. The van der Waals surface area contributed by atoms with Crippen molar-refractivity contribution in [3.8, 4) is 11.5 Å². The Morgan fingerprint density at radius 1 is 1.21 bits per heavy atom. The summed E-state index contributed by atoms with van der Waals surface area (Å²) in [7, 11) is 4.57. The second kappa shape index (κ2) is 8.58. The van der Waals surface area contributed by atoms with Crippen LogP contribution >= 0.6 is 12.4 Å². The molecule has 0 heterocycles. The quantitative estimate of drug-likeness (QED) is 0.818. The van der Waals surface area contributed by atoms with Gasteiger partial charge in [0, 0.05) is 31.0 Å². The van der Waals surface area contributed by atoms with Gasteiger partial charge in [-0.2, -0.15) is 0 Å². The molecule has 0 aliphatic rings. The van der Waals surface area contributed by atoms with Crippen molar-refractivity contribution in [2.24, 2.45) is 5.73 Å². The van der Waals surface area contributed by atoms with Gasteiger partial charge in [0.1, 0.15) is 17.5 Å². The first-order valence-corrected chi connectivity index (χ1v) is 5.39. The van der Waals surface area contributed by atoms with Gasteiger partial charge in [0.05, 0.1) is 20.8 Å². The summed E-state index contributed by atoms with van der Waals surface area (Å²) in [6, 6.07) is 4.36. The third kappa shape index (κ3) is 5.34. The summed E-state index contributed by atoms with van der Waals surface area (Å²) in [4.78, 5) is 11.7. The minimum Gasteiger partial charge on any atom is -0.497 e. The van der Waals surface area contributed by atoms with Gasteiger partial charge in [-0.15, -0.1) is 12.4 Å². The van der Waals surface area contributed by atoms with Gasteiger partial charge in [-0.25, -0.2) is 0 Å². The zero-order chi connectivity index (χ0) is 13.5. The van der Waals surface area contributed by atoms with E-state index in [2.05, 4.69) is 5.32 Å². The van der Waals surface area contributed by atoms with E-state index in [4.69, 9.17) is 19.9 Å². The molecule has 0 aliphatic carbocycles. The Morgan fingerprint density at radius 3 is 2.16 bits per heavy atom. The minimum atomic E-state index is -0.716. The molecule has 0 fully saturated rings. The summed E-state index contributed by atoms with van der Waals surface area (Å²) < 4.78 is 15.0. The van der Waals surface area contributed by atoms with Crippen LogP contribution < -0.4 is 20.5 Å². The zero-order valence-corrected chi connectivity index (χ0v) is 12.0. The Hall–Kier alpha value is -1.50. The molecule has 108 valence electrons. The maximum Gasteiger partial charge on any atom is 0.243 e. The third-order valence-electron chi connectivity index (χ3n) is 2.30. The molecule has 1 unspecified atom stereocenters. The van der Waals surface area contributed by atoms with Crippen molar-refractivity contribution in [1.82, 2.24) is 0 Å². The molecular formula is C12H19ClN2O4. The molecule has 1 atom stereocenters. The zero-order valence-electron chi connectivity index (χ0n) is 11.1. The van der Waals surface area contributed by atoms with E-state index in [1.165, 1.54) is 21.3 Å². The first-order valence-electron chi connectivity index (χ1n) is 5.39. The number of ether oxygens (including phenoxy) is 3. The average molecular weight is 291 g/mol. The van der Waals surface area contributed by atoms with E-state index in [1.807, 2.05) is 0 Å². The van der Waals surface area contributed by atoms with Crippen molar-refractivity contribution in [3.63, 3.8) is 0 Å². The molecule has 0 bridgehead atoms. The van der Waals surface area contributed by atoms with E-state index < -0.39 is 6.04 Å². The summed E-state index contributed by atoms with van der Waals surface area (Å²) in [6.45, 7) is 0.160. The Kier molecular flexibility index (Phi) is 7.90. The van der Waals surface area contributed by atoms with Crippen LogP contribution in [0.5, 0.6) is 11.5 Å². The number of methoxy groups -OCH3 is 3. The molecule has 19 heavy (non-hydrogen) atoms. The molecule has 6 nitrogen and oxygen atoms in total. The first kappa shape index (κ1) is 17.5. The number of carbonyl (C=O) groups is 1. The molecule has 0 aliphatic heterocycles. The van der Waals surface area contributed by atoms with Gasteiger partial charge in [-0.3, -0.25) is 4.79 Å². The van der Waals surface area contributed by atoms with Crippen molar-refractivity contribution in [3.05, 3.63) is 18.2 Å². The van der Waals surface area contributed by atoms with Crippen LogP contribution in [0.1, 0.15) is 0 Å². The molecule has 0 aromatic heterocycles. The van der Waals surface area contributed by atoms with Gasteiger partial charge in [0.2, 0.25) is 5.91 Å². The molecule has 1 aromatic carbocycles. The van der Waals surface area contributed by atoms with Crippen LogP contribution in [0.2, 0.25) is 0 Å². The van der Waals surface area contributed by atoms with E-state index >= 15 is 0 Å². The van der Waals surface area contributed by atoms with Crippen molar-refractivity contribution in [2.45, 2.75) is 6.04 Å².